The van der Waals surface area contributed by atoms with E-state index >= 15 is 0 Å². The summed E-state index contributed by atoms with van der Waals surface area (Å²) in [6.45, 7) is 5.28. The smallest absolute Gasteiger partial charge is 0.300 e. The van der Waals surface area contributed by atoms with Gasteiger partial charge in [-0.05, 0) is 61.2 Å². The maximum Gasteiger partial charge on any atom is 0.300 e. The lowest BCUT2D eigenvalue weighted by Crippen LogP contribution is -2.23. The van der Waals surface area contributed by atoms with Crippen molar-refractivity contribution in [1.29, 1.82) is 0 Å². The number of para-hydroxylation sites is 1. The Bertz CT molecular complexity index is 1240. The number of carbonyl (C=O) groups is 1. The zero-order chi connectivity index (χ0) is 23.2. The first-order chi connectivity index (χ1) is 16.0. The van der Waals surface area contributed by atoms with E-state index in [-0.39, 0.29) is 0 Å². The van der Waals surface area contributed by atoms with E-state index in [9.17, 15) is 0 Å². The Kier molecular flexibility index (Phi) is 6.89. The van der Waals surface area contributed by atoms with Crippen molar-refractivity contribution in [3.8, 4) is 11.5 Å². The fourth-order valence-electron chi connectivity index (χ4n) is 4.22. The molecule has 0 unspecified atom stereocenters. The normalized spacial score (nSPS) is 12.1. The van der Waals surface area contributed by atoms with Gasteiger partial charge in [0.2, 0.25) is 0 Å². The van der Waals surface area contributed by atoms with Gasteiger partial charge in [0.1, 0.15) is 11.5 Å². The minimum Gasteiger partial charge on any atom is -0.481 e. The first-order valence-corrected chi connectivity index (χ1v) is 11.2. The summed E-state index contributed by atoms with van der Waals surface area (Å²) >= 11 is 0. The minimum absolute atomic E-state index is 0.833. The second-order valence-corrected chi connectivity index (χ2v) is 8.11. The lowest BCUT2D eigenvalue weighted by molar-refractivity contribution is -0.134. The van der Waals surface area contributed by atoms with Crippen LogP contribution >= 0.6 is 0 Å². The summed E-state index contributed by atoms with van der Waals surface area (Å²) in [4.78, 5) is 16.4. The van der Waals surface area contributed by atoms with Gasteiger partial charge in [-0.1, -0.05) is 48.5 Å². The molecule has 0 saturated heterocycles. The maximum absolute atomic E-state index is 9.00. The van der Waals surface area contributed by atoms with E-state index < -0.39 is 5.97 Å². The largest absolute Gasteiger partial charge is 0.481 e. The van der Waals surface area contributed by atoms with Crippen molar-refractivity contribution in [2.75, 3.05) is 18.0 Å². The molecule has 1 N–H and O–H groups in total. The maximum atomic E-state index is 9.00. The summed E-state index contributed by atoms with van der Waals surface area (Å²) in [6, 6.07) is 26.9. The number of aromatic nitrogens is 1. The molecule has 0 aliphatic carbocycles. The predicted octanol–water partition coefficient (Wildman–Crippen LogP) is 6.03. The molecule has 1 aliphatic heterocycles. The van der Waals surface area contributed by atoms with Crippen LogP contribution in [0, 0.1) is 6.92 Å². The SMILES string of the molecule is CC(=O)O.Cc1nc2ccc(Oc3ccccc3)cc2c2c1CCN2CCc1ccccc1. The molecule has 0 atom stereocenters. The number of aryl methyl sites for hydroxylation is 1. The number of fused-ring (bicyclic) bond motifs is 3. The van der Waals surface area contributed by atoms with Gasteiger partial charge in [0, 0.05) is 31.1 Å². The Hall–Kier alpha value is -3.86. The Labute approximate surface area is 194 Å². The Morgan fingerprint density at radius 2 is 1.67 bits per heavy atom. The van der Waals surface area contributed by atoms with Gasteiger partial charge >= 0.3 is 0 Å². The predicted molar refractivity (Wildman–Crippen MR) is 132 cm³/mol. The van der Waals surface area contributed by atoms with Crippen molar-refractivity contribution in [1.82, 2.24) is 4.98 Å². The summed E-state index contributed by atoms with van der Waals surface area (Å²) in [7, 11) is 0. The van der Waals surface area contributed by atoms with Gasteiger partial charge in [0.15, 0.2) is 0 Å². The van der Waals surface area contributed by atoms with E-state index in [1.54, 1.807) is 0 Å². The van der Waals surface area contributed by atoms with Crippen LogP contribution in [-0.4, -0.2) is 29.1 Å². The number of nitrogens with zero attached hydrogens (tertiary/aromatic N) is 2. The van der Waals surface area contributed by atoms with E-state index in [1.807, 2.05) is 36.4 Å². The lowest BCUT2D eigenvalue weighted by Gasteiger charge is -2.22. The number of hydrogen-bond acceptors (Lipinski definition) is 4. The van der Waals surface area contributed by atoms with Crippen molar-refractivity contribution in [2.24, 2.45) is 0 Å². The molecular formula is C28H28N2O3. The Balaban J connectivity index is 0.000000601. The molecule has 5 heteroatoms. The van der Waals surface area contributed by atoms with Crippen LogP contribution in [0.5, 0.6) is 11.5 Å². The van der Waals surface area contributed by atoms with Crippen LogP contribution in [0.1, 0.15) is 23.7 Å². The summed E-state index contributed by atoms with van der Waals surface area (Å²) in [6.07, 6.45) is 2.10. The molecule has 0 amide bonds. The summed E-state index contributed by atoms with van der Waals surface area (Å²) in [5, 5.41) is 8.60. The fraction of sp³-hybridized carbons (Fsp3) is 0.214. The average molecular weight is 441 g/mol. The number of carboxylic acid groups (broad SMARTS) is 1. The molecule has 168 valence electrons. The summed E-state index contributed by atoms with van der Waals surface area (Å²) in [5.74, 6) is 0.871. The van der Waals surface area contributed by atoms with E-state index in [0.717, 1.165) is 55.6 Å². The quantitative estimate of drug-likeness (QED) is 0.410. The molecule has 5 nitrogen and oxygen atoms in total. The number of ether oxygens (including phenoxy) is 1. The molecule has 0 saturated carbocycles. The van der Waals surface area contributed by atoms with Gasteiger partial charge in [0.25, 0.3) is 5.97 Å². The van der Waals surface area contributed by atoms with Crippen molar-refractivity contribution < 1.29 is 14.6 Å². The van der Waals surface area contributed by atoms with Crippen molar-refractivity contribution in [3.63, 3.8) is 0 Å². The first kappa shape index (κ1) is 22.3. The zero-order valence-corrected chi connectivity index (χ0v) is 19.0. The Morgan fingerprint density at radius 3 is 2.36 bits per heavy atom. The lowest BCUT2D eigenvalue weighted by atomic mass is 10.1. The van der Waals surface area contributed by atoms with Crippen LogP contribution in [0.2, 0.25) is 0 Å². The van der Waals surface area contributed by atoms with Gasteiger partial charge in [-0.3, -0.25) is 9.78 Å². The number of benzene rings is 3. The molecule has 0 bridgehead atoms. The summed E-state index contributed by atoms with van der Waals surface area (Å²) in [5.41, 5.74) is 6.27. The van der Waals surface area contributed by atoms with Gasteiger partial charge in [-0.2, -0.15) is 0 Å². The van der Waals surface area contributed by atoms with E-state index in [2.05, 4.69) is 54.3 Å². The molecule has 1 aliphatic rings. The van der Waals surface area contributed by atoms with Crippen LogP contribution in [0.25, 0.3) is 10.9 Å². The topological polar surface area (TPSA) is 62.7 Å². The molecule has 3 aromatic carbocycles. The third-order valence-electron chi connectivity index (χ3n) is 5.67. The second-order valence-electron chi connectivity index (χ2n) is 8.11. The van der Waals surface area contributed by atoms with E-state index in [0.29, 0.717) is 0 Å². The third-order valence-corrected chi connectivity index (χ3v) is 5.67. The second kappa shape index (κ2) is 10.2. The zero-order valence-electron chi connectivity index (χ0n) is 19.0. The fourth-order valence-corrected chi connectivity index (χ4v) is 4.22. The van der Waals surface area contributed by atoms with Crippen LogP contribution in [0.3, 0.4) is 0 Å². The van der Waals surface area contributed by atoms with Crippen molar-refractivity contribution in [3.05, 3.63) is 95.7 Å². The molecule has 33 heavy (non-hydrogen) atoms. The molecule has 2 heterocycles. The third kappa shape index (κ3) is 5.50. The number of rotatable bonds is 5. The molecular weight excluding hydrogens is 412 g/mol. The van der Waals surface area contributed by atoms with Crippen LogP contribution in [0.4, 0.5) is 5.69 Å². The summed E-state index contributed by atoms with van der Waals surface area (Å²) < 4.78 is 6.09. The van der Waals surface area contributed by atoms with Gasteiger partial charge in [-0.25, -0.2) is 0 Å². The standard InChI is InChI=1S/C26H24N2O.C2H4O2/c1-19-23-15-17-28(16-14-20-8-4-2-5-9-20)26(23)24-18-22(12-13-25(24)27-19)29-21-10-6-3-7-11-21;1-2(3)4/h2-13,18H,14-17H2,1H3;1H3,(H,3,4). The Morgan fingerprint density at radius 1 is 1.00 bits per heavy atom. The molecule has 0 fully saturated rings. The number of carboxylic acids is 1. The van der Waals surface area contributed by atoms with Crippen LogP contribution in [0.15, 0.2) is 78.9 Å². The monoisotopic (exact) mass is 440 g/mol. The highest BCUT2D eigenvalue weighted by atomic mass is 16.5. The van der Waals surface area contributed by atoms with Gasteiger partial charge in [-0.15, -0.1) is 0 Å². The average Bonchev–Trinajstić information content (AvgIpc) is 3.24. The van der Waals surface area contributed by atoms with E-state index in [1.165, 1.54) is 22.2 Å². The number of hydrogen-bond donors (Lipinski definition) is 1. The molecule has 4 aromatic rings. The highest BCUT2D eigenvalue weighted by molar-refractivity contribution is 5.96. The number of anilines is 1. The van der Waals surface area contributed by atoms with Crippen LogP contribution < -0.4 is 9.64 Å². The van der Waals surface area contributed by atoms with Gasteiger partial charge < -0.3 is 14.7 Å². The molecule has 5 rings (SSSR count). The van der Waals surface area contributed by atoms with Crippen molar-refractivity contribution >= 4 is 22.6 Å². The van der Waals surface area contributed by atoms with E-state index in [4.69, 9.17) is 19.6 Å². The first-order valence-electron chi connectivity index (χ1n) is 11.2. The number of aliphatic carboxylic acids is 1. The van der Waals surface area contributed by atoms with Crippen LogP contribution in [-0.2, 0) is 17.6 Å². The number of pyridine rings is 1. The highest BCUT2D eigenvalue weighted by Gasteiger charge is 2.24. The molecule has 0 spiro atoms. The minimum atomic E-state index is -0.833. The molecule has 1 aromatic heterocycles. The molecule has 0 radical (unpaired) electrons. The van der Waals surface area contributed by atoms with Crippen molar-refractivity contribution in [2.45, 2.75) is 26.7 Å². The highest BCUT2D eigenvalue weighted by Crippen LogP contribution is 2.38. The van der Waals surface area contributed by atoms with Gasteiger partial charge in [0.05, 0.1) is 11.2 Å².